The molecule has 1 saturated heterocycles. The van der Waals surface area contributed by atoms with Crippen LogP contribution in [-0.2, 0) is 6.42 Å². The topological polar surface area (TPSA) is 32.3 Å². The van der Waals surface area contributed by atoms with Crippen molar-refractivity contribution in [1.82, 2.24) is 5.32 Å². The lowest BCUT2D eigenvalue weighted by atomic mass is 10.0. The van der Waals surface area contributed by atoms with Gasteiger partial charge in [-0.05, 0) is 56.0 Å². The minimum absolute atomic E-state index is 0.155. The molecule has 1 fully saturated rings. The van der Waals surface area contributed by atoms with Crippen molar-refractivity contribution in [2.75, 3.05) is 6.54 Å². The molecule has 1 heterocycles. The average Bonchev–Trinajstić information content (AvgIpc) is 2.66. The largest absolute Gasteiger partial charge is 0.508 e. The second-order valence-corrected chi connectivity index (χ2v) is 4.23. The van der Waals surface area contributed by atoms with Crippen LogP contribution in [0.5, 0.6) is 5.75 Å². The molecule has 1 aliphatic heterocycles. The second kappa shape index (κ2) is 4.19. The van der Waals surface area contributed by atoms with Crippen LogP contribution in [0.25, 0.3) is 0 Å². The van der Waals surface area contributed by atoms with Crippen LogP contribution in [-0.4, -0.2) is 17.7 Å². The van der Waals surface area contributed by atoms with Crippen LogP contribution in [0, 0.1) is 12.7 Å². The number of phenols is 1. The van der Waals surface area contributed by atoms with Crippen LogP contribution in [0.3, 0.4) is 0 Å². The zero-order valence-electron chi connectivity index (χ0n) is 8.89. The van der Waals surface area contributed by atoms with E-state index in [1.165, 1.54) is 12.1 Å². The van der Waals surface area contributed by atoms with E-state index < -0.39 is 0 Å². The number of benzene rings is 1. The molecule has 15 heavy (non-hydrogen) atoms. The summed E-state index contributed by atoms with van der Waals surface area (Å²) < 4.78 is 13.7. The predicted octanol–water partition coefficient (Wildman–Crippen LogP) is 2.13. The summed E-state index contributed by atoms with van der Waals surface area (Å²) in [5, 5.41) is 12.7. The highest BCUT2D eigenvalue weighted by Gasteiger charge is 2.17. The quantitative estimate of drug-likeness (QED) is 0.782. The van der Waals surface area contributed by atoms with Gasteiger partial charge in [-0.25, -0.2) is 4.39 Å². The maximum atomic E-state index is 13.7. The molecule has 2 N–H and O–H groups in total. The van der Waals surface area contributed by atoms with Gasteiger partial charge in [0, 0.05) is 6.04 Å². The van der Waals surface area contributed by atoms with E-state index in [-0.39, 0.29) is 11.6 Å². The zero-order valence-corrected chi connectivity index (χ0v) is 8.89. The van der Waals surface area contributed by atoms with Crippen molar-refractivity contribution in [3.63, 3.8) is 0 Å². The van der Waals surface area contributed by atoms with E-state index >= 15 is 0 Å². The van der Waals surface area contributed by atoms with E-state index in [1.807, 2.05) is 0 Å². The summed E-state index contributed by atoms with van der Waals surface area (Å²) in [5.74, 6) is -0.0246. The monoisotopic (exact) mass is 209 g/mol. The molecule has 0 aromatic heterocycles. The van der Waals surface area contributed by atoms with Crippen molar-refractivity contribution in [3.8, 4) is 5.75 Å². The van der Waals surface area contributed by atoms with E-state index in [0.717, 1.165) is 19.4 Å². The number of halogens is 1. The van der Waals surface area contributed by atoms with Crippen molar-refractivity contribution in [2.24, 2.45) is 0 Å². The van der Waals surface area contributed by atoms with Crippen LogP contribution in [0.4, 0.5) is 4.39 Å². The summed E-state index contributed by atoms with van der Waals surface area (Å²) in [5.41, 5.74) is 1.13. The minimum Gasteiger partial charge on any atom is -0.508 e. The highest BCUT2D eigenvalue weighted by atomic mass is 19.1. The first kappa shape index (κ1) is 10.4. The molecule has 1 aromatic carbocycles. The molecule has 2 rings (SSSR count). The Morgan fingerprint density at radius 2 is 2.33 bits per heavy atom. The lowest BCUT2D eigenvalue weighted by molar-refractivity contribution is 0.468. The van der Waals surface area contributed by atoms with Crippen LogP contribution < -0.4 is 5.32 Å². The lowest BCUT2D eigenvalue weighted by Crippen LogP contribution is -2.24. The van der Waals surface area contributed by atoms with Crippen molar-refractivity contribution in [2.45, 2.75) is 32.2 Å². The molecular formula is C12H16FNO. The van der Waals surface area contributed by atoms with Gasteiger partial charge in [0.15, 0.2) is 0 Å². The second-order valence-electron chi connectivity index (χ2n) is 4.23. The van der Waals surface area contributed by atoms with Gasteiger partial charge >= 0.3 is 0 Å². The summed E-state index contributed by atoms with van der Waals surface area (Å²) in [4.78, 5) is 0. The Morgan fingerprint density at radius 3 is 3.00 bits per heavy atom. The standard InChI is InChI=1S/C12H16FNO/c1-8-5-11(15)7-9(12(8)13)6-10-3-2-4-14-10/h5,7,10,14-15H,2-4,6H2,1H3. The third-order valence-corrected chi connectivity index (χ3v) is 2.94. The van der Waals surface area contributed by atoms with Crippen LogP contribution in [0.1, 0.15) is 24.0 Å². The van der Waals surface area contributed by atoms with Gasteiger partial charge in [-0.1, -0.05) is 0 Å². The van der Waals surface area contributed by atoms with E-state index in [1.54, 1.807) is 6.92 Å². The molecule has 0 bridgehead atoms. The highest BCUT2D eigenvalue weighted by Crippen LogP contribution is 2.22. The van der Waals surface area contributed by atoms with Gasteiger partial charge < -0.3 is 10.4 Å². The van der Waals surface area contributed by atoms with Gasteiger partial charge in [0.2, 0.25) is 0 Å². The fraction of sp³-hybridized carbons (Fsp3) is 0.500. The van der Waals surface area contributed by atoms with Gasteiger partial charge in [-0.2, -0.15) is 0 Å². The maximum absolute atomic E-state index is 13.7. The summed E-state index contributed by atoms with van der Waals surface area (Å²) in [6.07, 6.45) is 2.92. The molecule has 0 saturated carbocycles. The Morgan fingerprint density at radius 1 is 1.53 bits per heavy atom. The van der Waals surface area contributed by atoms with E-state index in [0.29, 0.717) is 23.6 Å². The molecule has 3 heteroatoms. The van der Waals surface area contributed by atoms with E-state index in [4.69, 9.17) is 0 Å². The minimum atomic E-state index is -0.179. The third-order valence-electron chi connectivity index (χ3n) is 2.94. The molecule has 1 unspecified atom stereocenters. The highest BCUT2D eigenvalue weighted by molar-refractivity contribution is 5.35. The first-order valence-electron chi connectivity index (χ1n) is 5.38. The number of aryl methyl sites for hydroxylation is 1. The lowest BCUT2D eigenvalue weighted by Gasteiger charge is -2.12. The first-order valence-corrected chi connectivity index (χ1v) is 5.38. The fourth-order valence-electron chi connectivity index (χ4n) is 2.17. The number of aromatic hydroxyl groups is 1. The first-order chi connectivity index (χ1) is 7.16. The van der Waals surface area contributed by atoms with Crippen LogP contribution >= 0.6 is 0 Å². The van der Waals surface area contributed by atoms with Crippen molar-refractivity contribution >= 4 is 0 Å². The fourth-order valence-corrected chi connectivity index (χ4v) is 2.17. The zero-order chi connectivity index (χ0) is 10.8. The van der Waals surface area contributed by atoms with Crippen LogP contribution in [0.2, 0.25) is 0 Å². The summed E-state index contributed by atoms with van der Waals surface area (Å²) in [6.45, 7) is 2.70. The van der Waals surface area contributed by atoms with Crippen molar-refractivity contribution in [3.05, 3.63) is 29.1 Å². The van der Waals surface area contributed by atoms with Crippen molar-refractivity contribution < 1.29 is 9.50 Å². The molecule has 1 atom stereocenters. The smallest absolute Gasteiger partial charge is 0.129 e. The Bertz CT molecular complexity index is 359. The number of hydrogen-bond donors (Lipinski definition) is 2. The molecule has 1 aromatic rings. The van der Waals surface area contributed by atoms with Gasteiger partial charge in [0.25, 0.3) is 0 Å². The van der Waals surface area contributed by atoms with Crippen LogP contribution in [0.15, 0.2) is 12.1 Å². The van der Waals surface area contributed by atoms with Gasteiger partial charge in [-0.15, -0.1) is 0 Å². The Balaban J connectivity index is 2.19. The molecule has 82 valence electrons. The molecular weight excluding hydrogens is 193 g/mol. The average molecular weight is 209 g/mol. The number of hydrogen-bond acceptors (Lipinski definition) is 2. The van der Waals surface area contributed by atoms with E-state index in [2.05, 4.69) is 5.32 Å². The molecule has 0 amide bonds. The van der Waals surface area contributed by atoms with Gasteiger partial charge in [0.05, 0.1) is 0 Å². The number of phenolic OH excluding ortho intramolecular Hbond substituents is 1. The summed E-state index contributed by atoms with van der Waals surface area (Å²) in [6, 6.07) is 3.35. The molecule has 0 spiro atoms. The summed E-state index contributed by atoms with van der Waals surface area (Å²) in [7, 11) is 0. The molecule has 1 aliphatic rings. The van der Waals surface area contributed by atoms with E-state index in [9.17, 15) is 9.50 Å². The Kier molecular flexibility index (Phi) is 2.91. The summed E-state index contributed by atoms with van der Waals surface area (Å²) >= 11 is 0. The molecule has 2 nitrogen and oxygen atoms in total. The Labute approximate surface area is 89.1 Å². The molecule has 0 aliphatic carbocycles. The number of rotatable bonds is 2. The SMILES string of the molecule is Cc1cc(O)cc(CC2CCCN2)c1F. The maximum Gasteiger partial charge on any atom is 0.129 e. The third kappa shape index (κ3) is 2.29. The number of nitrogens with one attached hydrogen (secondary N) is 1. The normalized spacial score (nSPS) is 20.8. The predicted molar refractivity (Wildman–Crippen MR) is 57.5 cm³/mol. The molecule has 0 radical (unpaired) electrons. The Hall–Kier alpha value is -1.09. The van der Waals surface area contributed by atoms with Gasteiger partial charge in [-0.3, -0.25) is 0 Å². The van der Waals surface area contributed by atoms with Crippen molar-refractivity contribution in [1.29, 1.82) is 0 Å². The van der Waals surface area contributed by atoms with Gasteiger partial charge in [0.1, 0.15) is 11.6 Å².